The van der Waals surface area contributed by atoms with Crippen LogP contribution in [0.1, 0.15) is 12.0 Å². The van der Waals surface area contributed by atoms with E-state index >= 15 is 0 Å². The second-order valence-corrected chi connectivity index (χ2v) is 7.87. The first kappa shape index (κ1) is 21.1. The van der Waals surface area contributed by atoms with Crippen LogP contribution in [0.3, 0.4) is 0 Å². The SMILES string of the molecule is O=C(CSc1nnc(-c2ccc(Cl)cc2)o1)OCC(=O)N1CCC(c2ccccc2)=N1. The molecule has 2 aromatic carbocycles. The highest BCUT2D eigenvalue weighted by atomic mass is 35.5. The summed E-state index contributed by atoms with van der Waals surface area (Å²) in [7, 11) is 0. The van der Waals surface area contributed by atoms with E-state index in [2.05, 4.69) is 15.3 Å². The number of ether oxygens (including phenoxy) is 1. The number of hydrogen-bond acceptors (Lipinski definition) is 8. The van der Waals surface area contributed by atoms with Crippen molar-refractivity contribution in [3.63, 3.8) is 0 Å². The maximum Gasteiger partial charge on any atom is 0.316 e. The lowest BCUT2D eigenvalue weighted by molar-refractivity contribution is -0.149. The number of halogens is 1. The first-order valence-corrected chi connectivity index (χ1v) is 10.8. The molecule has 1 aromatic heterocycles. The fraction of sp³-hybridized carbons (Fsp3) is 0.190. The molecule has 10 heteroatoms. The van der Waals surface area contributed by atoms with Gasteiger partial charge in [0.2, 0.25) is 5.89 Å². The number of carbonyl (C=O) groups excluding carboxylic acids is 2. The molecule has 2 heterocycles. The molecule has 158 valence electrons. The Morgan fingerprint density at radius 3 is 2.61 bits per heavy atom. The van der Waals surface area contributed by atoms with Crippen molar-refractivity contribution in [2.24, 2.45) is 5.10 Å². The molecule has 0 atom stereocenters. The molecule has 0 fully saturated rings. The van der Waals surface area contributed by atoms with E-state index in [1.165, 1.54) is 5.01 Å². The largest absolute Gasteiger partial charge is 0.455 e. The van der Waals surface area contributed by atoms with Gasteiger partial charge >= 0.3 is 5.97 Å². The minimum Gasteiger partial charge on any atom is -0.455 e. The number of thioether (sulfide) groups is 1. The fourth-order valence-corrected chi connectivity index (χ4v) is 3.51. The topological polar surface area (TPSA) is 97.9 Å². The summed E-state index contributed by atoms with van der Waals surface area (Å²) < 4.78 is 10.6. The number of nitrogens with zero attached hydrogens (tertiary/aromatic N) is 4. The van der Waals surface area contributed by atoms with E-state index in [0.29, 0.717) is 23.9 Å². The zero-order chi connectivity index (χ0) is 21.6. The van der Waals surface area contributed by atoms with E-state index in [1.807, 2.05) is 30.3 Å². The molecule has 4 rings (SSSR count). The molecule has 0 N–H and O–H groups in total. The van der Waals surface area contributed by atoms with Crippen LogP contribution in [0.2, 0.25) is 5.02 Å². The van der Waals surface area contributed by atoms with Crippen LogP contribution in [-0.2, 0) is 14.3 Å². The summed E-state index contributed by atoms with van der Waals surface area (Å²) in [5.41, 5.74) is 2.53. The molecule has 1 amide bonds. The van der Waals surface area contributed by atoms with Crippen LogP contribution >= 0.6 is 23.4 Å². The van der Waals surface area contributed by atoms with E-state index in [9.17, 15) is 9.59 Å². The summed E-state index contributed by atoms with van der Waals surface area (Å²) in [4.78, 5) is 24.3. The number of carbonyl (C=O) groups is 2. The number of benzene rings is 2. The van der Waals surface area contributed by atoms with Crippen LogP contribution in [0.5, 0.6) is 0 Å². The lowest BCUT2D eigenvalue weighted by Crippen LogP contribution is -2.29. The Labute approximate surface area is 187 Å². The van der Waals surface area contributed by atoms with Crippen molar-refractivity contribution in [3.05, 3.63) is 65.2 Å². The highest BCUT2D eigenvalue weighted by Gasteiger charge is 2.22. The molecule has 0 saturated heterocycles. The second kappa shape index (κ2) is 9.76. The standard InChI is InChI=1S/C21H17ClN4O4S/c22-16-8-6-15(7-9-16)20-23-24-21(30-20)31-13-19(28)29-12-18(27)26-11-10-17(25-26)14-4-2-1-3-5-14/h1-9H,10-13H2. The summed E-state index contributed by atoms with van der Waals surface area (Å²) in [6.07, 6.45) is 0.659. The molecular weight excluding hydrogens is 440 g/mol. The van der Waals surface area contributed by atoms with Gasteiger partial charge < -0.3 is 9.15 Å². The molecular formula is C21H17ClN4O4S. The number of esters is 1. The van der Waals surface area contributed by atoms with Gasteiger partial charge in [0.05, 0.1) is 12.3 Å². The molecule has 0 aliphatic carbocycles. The van der Waals surface area contributed by atoms with E-state index in [1.54, 1.807) is 24.3 Å². The fourth-order valence-electron chi connectivity index (χ4n) is 2.83. The molecule has 31 heavy (non-hydrogen) atoms. The van der Waals surface area contributed by atoms with Crippen molar-refractivity contribution in [3.8, 4) is 11.5 Å². The maximum atomic E-state index is 12.3. The van der Waals surface area contributed by atoms with Crippen LogP contribution in [0.4, 0.5) is 0 Å². The number of amides is 1. The summed E-state index contributed by atoms with van der Waals surface area (Å²) in [5.74, 6) is -0.666. The number of rotatable bonds is 7. The van der Waals surface area contributed by atoms with Gasteiger partial charge in [-0.25, -0.2) is 5.01 Å². The van der Waals surface area contributed by atoms with E-state index in [0.717, 1.165) is 28.6 Å². The van der Waals surface area contributed by atoms with Crippen molar-refractivity contribution < 1.29 is 18.7 Å². The third kappa shape index (κ3) is 5.50. The van der Waals surface area contributed by atoms with E-state index in [4.69, 9.17) is 20.8 Å². The normalized spacial score (nSPS) is 13.2. The number of hydrogen-bond donors (Lipinski definition) is 0. The van der Waals surface area contributed by atoms with Gasteiger partial charge in [-0.15, -0.1) is 10.2 Å². The summed E-state index contributed by atoms with van der Waals surface area (Å²) >= 11 is 6.90. The molecule has 0 unspecified atom stereocenters. The van der Waals surface area contributed by atoms with Gasteiger partial charge in [-0.1, -0.05) is 53.7 Å². The monoisotopic (exact) mass is 456 g/mol. The van der Waals surface area contributed by atoms with Crippen molar-refractivity contribution >= 4 is 41.0 Å². The Kier molecular flexibility index (Phi) is 6.63. The van der Waals surface area contributed by atoms with Gasteiger partial charge in [0.1, 0.15) is 5.75 Å². The molecule has 0 spiro atoms. The zero-order valence-corrected chi connectivity index (χ0v) is 17.8. The first-order chi connectivity index (χ1) is 15.1. The molecule has 3 aromatic rings. The Morgan fingerprint density at radius 1 is 1.06 bits per heavy atom. The Bertz CT molecular complexity index is 1100. The van der Waals surface area contributed by atoms with Crippen LogP contribution in [0.25, 0.3) is 11.5 Å². The van der Waals surface area contributed by atoms with Crippen molar-refractivity contribution in [2.75, 3.05) is 18.9 Å². The summed E-state index contributed by atoms with van der Waals surface area (Å²) in [6, 6.07) is 16.6. The van der Waals surface area contributed by atoms with E-state index in [-0.39, 0.29) is 23.5 Å². The number of aromatic nitrogens is 2. The van der Waals surface area contributed by atoms with Gasteiger partial charge in [-0.05, 0) is 29.8 Å². The molecule has 1 aliphatic heterocycles. The van der Waals surface area contributed by atoms with Gasteiger partial charge in [-0.3, -0.25) is 9.59 Å². The first-order valence-electron chi connectivity index (χ1n) is 9.39. The molecule has 0 saturated carbocycles. The average molecular weight is 457 g/mol. The Balaban J connectivity index is 1.23. The Hall–Kier alpha value is -3.17. The predicted molar refractivity (Wildman–Crippen MR) is 116 cm³/mol. The third-order valence-electron chi connectivity index (χ3n) is 4.36. The molecule has 8 nitrogen and oxygen atoms in total. The summed E-state index contributed by atoms with van der Waals surface area (Å²) in [5, 5.41) is 14.3. The minimum atomic E-state index is -0.559. The minimum absolute atomic E-state index is 0.0614. The van der Waals surface area contributed by atoms with Gasteiger partial charge in [0.15, 0.2) is 6.61 Å². The van der Waals surface area contributed by atoms with Crippen LogP contribution in [-0.4, -0.2) is 51.7 Å². The highest BCUT2D eigenvalue weighted by molar-refractivity contribution is 7.99. The highest BCUT2D eigenvalue weighted by Crippen LogP contribution is 2.24. The van der Waals surface area contributed by atoms with E-state index < -0.39 is 5.97 Å². The third-order valence-corrected chi connectivity index (χ3v) is 5.41. The predicted octanol–water partition coefficient (Wildman–Crippen LogP) is 3.66. The smallest absolute Gasteiger partial charge is 0.316 e. The van der Waals surface area contributed by atoms with Crippen molar-refractivity contribution in [1.29, 1.82) is 0 Å². The Morgan fingerprint density at radius 2 is 1.84 bits per heavy atom. The lowest BCUT2D eigenvalue weighted by atomic mass is 10.1. The molecule has 0 radical (unpaired) electrons. The van der Waals surface area contributed by atoms with Gasteiger partial charge in [0.25, 0.3) is 11.1 Å². The van der Waals surface area contributed by atoms with Gasteiger partial charge in [-0.2, -0.15) is 5.10 Å². The zero-order valence-electron chi connectivity index (χ0n) is 16.2. The second-order valence-electron chi connectivity index (χ2n) is 6.51. The van der Waals surface area contributed by atoms with Crippen molar-refractivity contribution in [1.82, 2.24) is 15.2 Å². The van der Waals surface area contributed by atoms with Gasteiger partial charge in [0, 0.05) is 17.0 Å². The van der Waals surface area contributed by atoms with Crippen LogP contribution < -0.4 is 0 Å². The maximum absolute atomic E-state index is 12.3. The molecule has 1 aliphatic rings. The lowest BCUT2D eigenvalue weighted by Gasteiger charge is -2.11. The average Bonchev–Trinajstić information content (AvgIpc) is 3.47. The number of hydrazone groups is 1. The molecule has 0 bridgehead atoms. The van der Waals surface area contributed by atoms with Crippen molar-refractivity contribution in [2.45, 2.75) is 11.6 Å². The summed E-state index contributed by atoms with van der Waals surface area (Å²) in [6.45, 7) is 0.0929. The van der Waals surface area contributed by atoms with Crippen LogP contribution in [0, 0.1) is 0 Å². The quantitative estimate of drug-likeness (QED) is 0.395. The van der Waals surface area contributed by atoms with Crippen LogP contribution in [0.15, 0.2) is 69.3 Å².